The van der Waals surface area contributed by atoms with Gasteiger partial charge in [-0.3, -0.25) is 19.8 Å². The van der Waals surface area contributed by atoms with Crippen LogP contribution in [-0.2, 0) is 19.1 Å². The van der Waals surface area contributed by atoms with Gasteiger partial charge in [0.25, 0.3) is 5.91 Å². The van der Waals surface area contributed by atoms with Crippen LogP contribution in [-0.4, -0.2) is 35.6 Å². The molecule has 1 aromatic heterocycles. The lowest BCUT2D eigenvalue weighted by Gasteiger charge is -2.19. The van der Waals surface area contributed by atoms with Crippen molar-refractivity contribution in [3.8, 4) is 0 Å². The van der Waals surface area contributed by atoms with Gasteiger partial charge < -0.3 is 4.74 Å². The average molecular weight is 375 g/mol. The van der Waals surface area contributed by atoms with Crippen LogP contribution < -0.4 is 10.2 Å². The van der Waals surface area contributed by atoms with Crippen molar-refractivity contribution in [3.05, 3.63) is 52.5 Å². The highest BCUT2D eigenvalue weighted by molar-refractivity contribution is 8.04. The van der Waals surface area contributed by atoms with Crippen molar-refractivity contribution in [2.75, 3.05) is 23.1 Å². The fraction of sp³-hybridized carbons (Fsp3) is 0.125. The van der Waals surface area contributed by atoms with Crippen LogP contribution in [0.3, 0.4) is 0 Å². The summed E-state index contributed by atoms with van der Waals surface area (Å²) in [6.45, 7) is 0. The van der Waals surface area contributed by atoms with E-state index in [1.165, 1.54) is 29.5 Å². The maximum atomic E-state index is 12.6. The van der Waals surface area contributed by atoms with E-state index in [0.717, 1.165) is 11.8 Å². The minimum atomic E-state index is -0.813. The Hall–Kier alpha value is -2.65. The van der Waals surface area contributed by atoms with Crippen LogP contribution in [0.4, 0.5) is 10.8 Å². The molecular weight excluding hydrogens is 362 g/mol. The summed E-state index contributed by atoms with van der Waals surface area (Å²) in [5.41, 5.74) is 0.355. The van der Waals surface area contributed by atoms with E-state index in [-0.39, 0.29) is 22.3 Å². The molecular formula is C16H13N3O4S2. The lowest BCUT2D eigenvalue weighted by atomic mass is 10.2. The van der Waals surface area contributed by atoms with Crippen LogP contribution in [0.5, 0.6) is 0 Å². The van der Waals surface area contributed by atoms with E-state index in [0.29, 0.717) is 10.8 Å². The standard InChI is InChI=1S/C16H13N3O4S2/c1-23-15(22)12(13(21)18-16-17-7-8-24-16)14-19(11(20)9-25-14)10-5-3-2-4-6-10/h2-8H,9H2,1H3,(H,17,18,21)/b14-12+. The molecule has 25 heavy (non-hydrogen) atoms. The molecule has 2 heterocycles. The number of hydrogen-bond acceptors (Lipinski definition) is 7. The molecule has 9 heteroatoms. The summed E-state index contributed by atoms with van der Waals surface area (Å²) in [4.78, 5) is 42.5. The van der Waals surface area contributed by atoms with Crippen LogP contribution in [0, 0.1) is 0 Å². The Bertz CT molecular complexity index is 834. The number of aromatic nitrogens is 1. The molecule has 0 bridgehead atoms. The van der Waals surface area contributed by atoms with E-state index in [1.54, 1.807) is 29.6 Å². The number of para-hydroxylation sites is 1. The first-order chi connectivity index (χ1) is 12.1. The van der Waals surface area contributed by atoms with E-state index >= 15 is 0 Å². The summed E-state index contributed by atoms with van der Waals surface area (Å²) in [6, 6.07) is 8.83. The zero-order chi connectivity index (χ0) is 17.8. The van der Waals surface area contributed by atoms with Gasteiger partial charge in [-0.15, -0.1) is 11.3 Å². The fourth-order valence-electron chi connectivity index (χ4n) is 2.22. The van der Waals surface area contributed by atoms with E-state index in [9.17, 15) is 14.4 Å². The van der Waals surface area contributed by atoms with Crippen LogP contribution in [0.1, 0.15) is 0 Å². The Kier molecular flexibility index (Phi) is 5.15. The van der Waals surface area contributed by atoms with Crippen LogP contribution in [0.25, 0.3) is 0 Å². The molecule has 7 nitrogen and oxygen atoms in total. The molecule has 0 saturated carbocycles. The highest BCUT2D eigenvalue weighted by Gasteiger charge is 2.36. The molecule has 1 aliphatic heterocycles. The van der Waals surface area contributed by atoms with Gasteiger partial charge in [0.15, 0.2) is 10.7 Å². The maximum absolute atomic E-state index is 12.6. The Morgan fingerprint density at radius 1 is 1.28 bits per heavy atom. The second-order valence-electron chi connectivity index (χ2n) is 4.82. The normalized spacial score (nSPS) is 15.9. The van der Waals surface area contributed by atoms with Crippen molar-refractivity contribution in [1.82, 2.24) is 4.98 Å². The molecule has 1 aliphatic rings. The third-order valence-corrected chi connectivity index (χ3v) is 5.02. The average Bonchev–Trinajstić information content (AvgIpc) is 3.26. The number of carbonyl (C=O) groups is 3. The van der Waals surface area contributed by atoms with Gasteiger partial charge in [-0.2, -0.15) is 0 Å². The number of esters is 1. The fourth-order valence-corrected chi connectivity index (χ4v) is 3.79. The van der Waals surface area contributed by atoms with Gasteiger partial charge in [-0.1, -0.05) is 30.0 Å². The summed E-state index contributed by atoms with van der Waals surface area (Å²) in [7, 11) is 1.19. The number of ether oxygens (including phenoxy) is 1. The number of hydrogen-bond donors (Lipinski definition) is 1. The van der Waals surface area contributed by atoms with Gasteiger partial charge in [-0.25, -0.2) is 9.78 Å². The first-order valence-corrected chi connectivity index (χ1v) is 9.02. The summed E-state index contributed by atoms with van der Waals surface area (Å²) >= 11 is 2.35. The van der Waals surface area contributed by atoms with E-state index in [4.69, 9.17) is 4.74 Å². The van der Waals surface area contributed by atoms with Crippen molar-refractivity contribution < 1.29 is 19.1 Å². The number of benzene rings is 1. The number of nitrogens with one attached hydrogen (secondary N) is 1. The van der Waals surface area contributed by atoms with Gasteiger partial charge in [0.1, 0.15) is 5.03 Å². The second-order valence-corrected chi connectivity index (χ2v) is 6.68. The number of thiazole rings is 1. The van der Waals surface area contributed by atoms with Crippen LogP contribution in [0.15, 0.2) is 52.5 Å². The Morgan fingerprint density at radius 3 is 2.68 bits per heavy atom. The molecule has 1 fully saturated rings. The van der Waals surface area contributed by atoms with Crippen molar-refractivity contribution in [2.45, 2.75) is 0 Å². The first-order valence-electron chi connectivity index (χ1n) is 7.16. The summed E-state index contributed by atoms with van der Waals surface area (Å²) < 4.78 is 4.76. The van der Waals surface area contributed by atoms with Crippen molar-refractivity contribution in [2.24, 2.45) is 0 Å². The van der Waals surface area contributed by atoms with Gasteiger partial charge >= 0.3 is 5.97 Å². The quantitative estimate of drug-likeness (QED) is 0.382. The molecule has 128 valence electrons. The van der Waals surface area contributed by atoms with Crippen molar-refractivity contribution in [1.29, 1.82) is 0 Å². The number of methoxy groups -OCH3 is 1. The minimum Gasteiger partial charge on any atom is -0.465 e. The molecule has 2 aromatic rings. The molecule has 1 N–H and O–H groups in total. The molecule has 0 unspecified atom stereocenters. The number of rotatable bonds is 4. The number of nitrogens with zero attached hydrogens (tertiary/aromatic N) is 2. The molecule has 0 spiro atoms. The topological polar surface area (TPSA) is 88.6 Å². The van der Waals surface area contributed by atoms with Gasteiger partial charge in [0.05, 0.1) is 12.9 Å². The predicted molar refractivity (Wildman–Crippen MR) is 96.2 cm³/mol. The Morgan fingerprint density at radius 2 is 2.04 bits per heavy atom. The maximum Gasteiger partial charge on any atom is 0.346 e. The van der Waals surface area contributed by atoms with E-state index in [1.807, 2.05) is 6.07 Å². The molecule has 3 rings (SSSR count). The second kappa shape index (κ2) is 7.49. The number of anilines is 2. The molecule has 0 atom stereocenters. The monoisotopic (exact) mass is 375 g/mol. The zero-order valence-electron chi connectivity index (χ0n) is 13.1. The van der Waals surface area contributed by atoms with E-state index < -0.39 is 11.9 Å². The first kappa shape index (κ1) is 17.2. The third-order valence-electron chi connectivity index (χ3n) is 3.28. The largest absolute Gasteiger partial charge is 0.465 e. The smallest absolute Gasteiger partial charge is 0.346 e. The highest BCUT2D eigenvalue weighted by Crippen LogP contribution is 2.36. The van der Waals surface area contributed by atoms with Crippen molar-refractivity contribution >= 4 is 51.7 Å². The Balaban J connectivity index is 2.04. The highest BCUT2D eigenvalue weighted by atomic mass is 32.2. The molecule has 0 aliphatic carbocycles. The summed E-state index contributed by atoms with van der Waals surface area (Å²) in [5, 5.41) is 4.86. The lowest BCUT2D eigenvalue weighted by molar-refractivity contribution is -0.137. The number of carbonyl (C=O) groups excluding carboxylic acids is 3. The predicted octanol–water partition coefficient (Wildman–Crippen LogP) is 2.25. The van der Waals surface area contributed by atoms with Crippen LogP contribution in [0.2, 0.25) is 0 Å². The lowest BCUT2D eigenvalue weighted by Crippen LogP contribution is -2.30. The summed E-state index contributed by atoms with van der Waals surface area (Å²) in [5.74, 6) is -1.56. The molecule has 2 amide bonds. The molecule has 1 aromatic carbocycles. The molecule has 1 saturated heterocycles. The van der Waals surface area contributed by atoms with Crippen molar-refractivity contribution in [3.63, 3.8) is 0 Å². The van der Waals surface area contributed by atoms with Gasteiger partial charge in [0, 0.05) is 17.3 Å². The molecule has 0 radical (unpaired) electrons. The van der Waals surface area contributed by atoms with Crippen LogP contribution >= 0.6 is 23.1 Å². The SMILES string of the molecule is COC(=O)/C(C(=O)Nc1nccs1)=C1/SCC(=O)N1c1ccccc1. The third kappa shape index (κ3) is 3.57. The summed E-state index contributed by atoms with van der Waals surface area (Å²) in [6.07, 6.45) is 1.54. The minimum absolute atomic E-state index is 0.134. The van der Waals surface area contributed by atoms with Gasteiger partial charge in [0.2, 0.25) is 5.91 Å². The van der Waals surface area contributed by atoms with E-state index in [2.05, 4.69) is 10.3 Å². The zero-order valence-corrected chi connectivity index (χ0v) is 14.7. The Labute approximate surface area is 151 Å². The number of thioether (sulfide) groups is 1. The van der Waals surface area contributed by atoms with Gasteiger partial charge in [-0.05, 0) is 12.1 Å². The number of amides is 2.